The Labute approximate surface area is 138 Å². The number of ether oxygens (including phenoxy) is 1. The average molecular weight is 361 g/mol. The summed E-state index contributed by atoms with van der Waals surface area (Å²) in [5.41, 5.74) is 0.0312. The van der Waals surface area contributed by atoms with Gasteiger partial charge in [-0.25, -0.2) is 17.2 Å². The lowest BCUT2D eigenvalue weighted by atomic mass is 10.1. The Balaban J connectivity index is 1.84. The van der Waals surface area contributed by atoms with Crippen molar-refractivity contribution in [1.82, 2.24) is 0 Å². The van der Waals surface area contributed by atoms with Gasteiger partial charge in [-0.3, -0.25) is 9.59 Å². The van der Waals surface area contributed by atoms with Gasteiger partial charge >= 0.3 is 5.97 Å². The topological polar surface area (TPSA) is 89.5 Å². The molecule has 1 saturated heterocycles. The molecule has 0 spiro atoms. The van der Waals surface area contributed by atoms with Crippen molar-refractivity contribution in [1.29, 1.82) is 0 Å². The molecule has 9 heteroatoms. The molecule has 24 heavy (non-hydrogen) atoms. The predicted octanol–water partition coefficient (Wildman–Crippen LogP) is 1.66. The number of halogens is 2. The molecule has 1 aliphatic heterocycles. The van der Waals surface area contributed by atoms with Crippen molar-refractivity contribution in [3.05, 3.63) is 29.8 Å². The van der Waals surface area contributed by atoms with Gasteiger partial charge in [-0.15, -0.1) is 0 Å². The Kier molecular flexibility index (Phi) is 5.53. The molecule has 0 aromatic heterocycles. The lowest BCUT2D eigenvalue weighted by Gasteiger charge is -2.15. The maximum absolute atomic E-state index is 13.1. The molecular weight excluding hydrogens is 344 g/mol. The van der Waals surface area contributed by atoms with Crippen LogP contribution < -0.4 is 5.32 Å². The molecular formula is C15H17F2NO5S. The number of hydrogen-bond donors (Lipinski definition) is 1. The quantitative estimate of drug-likeness (QED) is 0.806. The van der Waals surface area contributed by atoms with Crippen LogP contribution in [0.15, 0.2) is 18.2 Å². The molecule has 0 saturated carbocycles. The standard InChI is InChI=1S/C15H17F2NO5S/c1-9(15(20)18-11-2-3-12(16)13(17)7-11)23-14(19)6-10-4-5-24(21,22)8-10/h2-3,7,9-10H,4-6,8H2,1H3,(H,18,20)/t9-,10-/m1/s1. The molecule has 0 bridgehead atoms. The first-order valence-corrected chi connectivity index (χ1v) is 9.14. The number of carbonyl (C=O) groups is 2. The Hall–Kier alpha value is -2.03. The molecule has 1 aliphatic rings. The van der Waals surface area contributed by atoms with Crippen molar-refractivity contribution >= 4 is 27.4 Å². The molecule has 2 rings (SSSR count). The summed E-state index contributed by atoms with van der Waals surface area (Å²) in [6, 6.07) is 2.85. The van der Waals surface area contributed by atoms with Crippen LogP contribution in [-0.4, -0.2) is 37.9 Å². The smallest absolute Gasteiger partial charge is 0.306 e. The van der Waals surface area contributed by atoms with E-state index in [4.69, 9.17) is 4.74 Å². The van der Waals surface area contributed by atoms with Crippen LogP contribution in [0, 0.1) is 17.6 Å². The molecule has 6 nitrogen and oxygen atoms in total. The van der Waals surface area contributed by atoms with E-state index in [2.05, 4.69) is 5.32 Å². The van der Waals surface area contributed by atoms with E-state index >= 15 is 0 Å². The molecule has 132 valence electrons. The van der Waals surface area contributed by atoms with Crippen molar-refractivity contribution in [2.75, 3.05) is 16.8 Å². The first kappa shape index (κ1) is 18.3. The highest BCUT2D eigenvalue weighted by Gasteiger charge is 2.30. The number of amides is 1. The summed E-state index contributed by atoms with van der Waals surface area (Å²) < 4.78 is 53.5. The van der Waals surface area contributed by atoms with Crippen molar-refractivity contribution in [3.63, 3.8) is 0 Å². The molecule has 0 radical (unpaired) electrons. The van der Waals surface area contributed by atoms with E-state index in [1.54, 1.807) is 0 Å². The van der Waals surface area contributed by atoms with Crippen molar-refractivity contribution in [3.8, 4) is 0 Å². The van der Waals surface area contributed by atoms with Gasteiger partial charge in [0.2, 0.25) is 0 Å². The maximum atomic E-state index is 13.1. The Morgan fingerprint density at radius 2 is 2.04 bits per heavy atom. The van der Waals surface area contributed by atoms with Crippen LogP contribution in [0.3, 0.4) is 0 Å². The van der Waals surface area contributed by atoms with Gasteiger partial charge in [0, 0.05) is 18.2 Å². The fourth-order valence-electron chi connectivity index (χ4n) is 2.39. The summed E-state index contributed by atoms with van der Waals surface area (Å²) in [4.78, 5) is 23.7. The van der Waals surface area contributed by atoms with Crippen LogP contribution >= 0.6 is 0 Å². The monoisotopic (exact) mass is 361 g/mol. The van der Waals surface area contributed by atoms with Crippen LogP contribution in [0.5, 0.6) is 0 Å². The van der Waals surface area contributed by atoms with E-state index in [-0.39, 0.29) is 29.5 Å². The van der Waals surface area contributed by atoms with Gasteiger partial charge < -0.3 is 10.1 Å². The summed E-state index contributed by atoms with van der Waals surface area (Å²) in [7, 11) is -3.09. The van der Waals surface area contributed by atoms with Crippen LogP contribution in [0.1, 0.15) is 19.8 Å². The van der Waals surface area contributed by atoms with Gasteiger partial charge in [0.05, 0.1) is 11.5 Å². The number of hydrogen-bond acceptors (Lipinski definition) is 5. The van der Waals surface area contributed by atoms with Gasteiger partial charge in [0.15, 0.2) is 27.6 Å². The third kappa shape index (κ3) is 4.98. The number of rotatable bonds is 5. The zero-order valence-corrected chi connectivity index (χ0v) is 13.7. The highest BCUT2D eigenvalue weighted by Crippen LogP contribution is 2.22. The SMILES string of the molecule is C[C@@H](OC(=O)C[C@H]1CCS(=O)(=O)C1)C(=O)Nc1ccc(F)c(F)c1. The van der Waals surface area contributed by atoms with Crippen LogP contribution in [-0.2, 0) is 24.2 Å². The van der Waals surface area contributed by atoms with Crippen molar-refractivity contribution in [2.45, 2.75) is 25.9 Å². The molecule has 0 unspecified atom stereocenters. The molecule has 1 N–H and O–H groups in total. The zero-order chi connectivity index (χ0) is 17.9. The minimum absolute atomic E-state index is 0.0312. The summed E-state index contributed by atoms with van der Waals surface area (Å²) in [5.74, 6) is -3.84. The second-order valence-corrected chi connectivity index (χ2v) is 7.95. The molecule has 1 heterocycles. The third-order valence-electron chi connectivity index (χ3n) is 3.65. The Morgan fingerprint density at radius 3 is 2.62 bits per heavy atom. The van der Waals surface area contributed by atoms with E-state index in [0.717, 1.165) is 12.1 Å². The van der Waals surface area contributed by atoms with E-state index in [0.29, 0.717) is 6.42 Å². The third-order valence-corrected chi connectivity index (χ3v) is 5.48. The summed E-state index contributed by atoms with van der Waals surface area (Å²) >= 11 is 0. The fraction of sp³-hybridized carbons (Fsp3) is 0.467. The van der Waals surface area contributed by atoms with Crippen LogP contribution in [0.4, 0.5) is 14.5 Å². The van der Waals surface area contributed by atoms with Crippen molar-refractivity contribution < 1.29 is 31.5 Å². The predicted molar refractivity (Wildman–Crippen MR) is 81.9 cm³/mol. The molecule has 1 aromatic carbocycles. The number of anilines is 1. The Bertz CT molecular complexity index is 750. The molecule has 2 atom stereocenters. The molecule has 0 aliphatic carbocycles. The summed E-state index contributed by atoms with van der Waals surface area (Å²) in [5, 5.41) is 2.30. The second-order valence-electron chi connectivity index (χ2n) is 5.72. The number of carbonyl (C=O) groups excluding carboxylic acids is 2. The zero-order valence-electron chi connectivity index (χ0n) is 12.9. The van der Waals surface area contributed by atoms with Gasteiger partial charge in [0.1, 0.15) is 0 Å². The molecule has 1 amide bonds. The fourth-order valence-corrected chi connectivity index (χ4v) is 4.25. The summed E-state index contributed by atoms with van der Waals surface area (Å²) in [6.07, 6.45) is -0.835. The number of nitrogens with one attached hydrogen (secondary N) is 1. The van der Waals surface area contributed by atoms with E-state index in [1.807, 2.05) is 0 Å². The first-order chi connectivity index (χ1) is 11.2. The highest BCUT2D eigenvalue weighted by molar-refractivity contribution is 7.91. The average Bonchev–Trinajstić information content (AvgIpc) is 2.81. The summed E-state index contributed by atoms with van der Waals surface area (Å²) in [6.45, 7) is 1.33. The van der Waals surface area contributed by atoms with Crippen LogP contribution in [0.2, 0.25) is 0 Å². The minimum Gasteiger partial charge on any atom is -0.453 e. The highest BCUT2D eigenvalue weighted by atomic mass is 32.2. The van der Waals surface area contributed by atoms with Crippen molar-refractivity contribution in [2.24, 2.45) is 5.92 Å². The Morgan fingerprint density at radius 1 is 1.33 bits per heavy atom. The number of esters is 1. The number of benzene rings is 1. The maximum Gasteiger partial charge on any atom is 0.306 e. The second kappa shape index (κ2) is 7.25. The lowest BCUT2D eigenvalue weighted by molar-refractivity contribution is -0.153. The van der Waals surface area contributed by atoms with Gasteiger partial charge in [-0.2, -0.15) is 0 Å². The normalized spacial score (nSPS) is 20.4. The largest absolute Gasteiger partial charge is 0.453 e. The van der Waals surface area contributed by atoms with Gasteiger partial charge in [0.25, 0.3) is 5.91 Å². The molecule has 1 aromatic rings. The van der Waals surface area contributed by atoms with E-state index in [1.165, 1.54) is 13.0 Å². The first-order valence-electron chi connectivity index (χ1n) is 7.32. The number of sulfone groups is 1. The van der Waals surface area contributed by atoms with Gasteiger partial charge in [-0.1, -0.05) is 0 Å². The van der Waals surface area contributed by atoms with Gasteiger partial charge in [-0.05, 0) is 31.4 Å². The van der Waals surface area contributed by atoms with E-state index < -0.39 is 39.5 Å². The minimum atomic E-state index is -3.09. The molecule has 1 fully saturated rings. The van der Waals surface area contributed by atoms with Crippen LogP contribution in [0.25, 0.3) is 0 Å². The van der Waals surface area contributed by atoms with E-state index in [9.17, 15) is 26.8 Å². The lowest BCUT2D eigenvalue weighted by Crippen LogP contribution is -2.30.